The molecule has 0 bridgehead atoms. The van der Waals surface area contributed by atoms with E-state index in [1.807, 2.05) is 0 Å². The van der Waals surface area contributed by atoms with Crippen LogP contribution in [0.1, 0.15) is 25.7 Å². The SMILES string of the molecule is NCC1([C@H](O)C2CC2)CC1. The van der Waals surface area contributed by atoms with Crippen LogP contribution in [0.2, 0.25) is 0 Å². The van der Waals surface area contributed by atoms with Gasteiger partial charge in [0.05, 0.1) is 6.10 Å². The van der Waals surface area contributed by atoms with Gasteiger partial charge >= 0.3 is 0 Å². The molecule has 2 fully saturated rings. The molecule has 0 radical (unpaired) electrons. The molecular formula is C8H15NO. The number of rotatable bonds is 3. The van der Waals surface area contributed by atoms with Crippen molar-refractivity contribution in [1.29, 1.82) is 0 Å². The average molecular weight is 141 g/mol. The highest BCUT2D eigenvalue weighted by molar-refractivity contribution is 5.04. The third kappa shape index (κ3) is 0.867. The molecule has 58 valence electrons. The minimum atomic E-state index is -0.0718. The Hall–Kier alpha value is -0.0800. The van der Waals surface area contributed by atoms with E-state index in [2.05, 4.69) is 0 Å². The Balaban J connectivity index is 1.95. The number of hydrogen-bond donors (Lipinski definition) is 2. The van der Waals surface area contributed by atoms with E-state index in [-0.39, 0.29) is 11.5 Å². The van der Waals surface area contributed by atoms with Crippen molar-refractivity contribution in [2.24, 2.45) is 17.1 Å². The predicted molar refractivity (Wildman–Crippen MR) is 39.5 cm³/mol. The summed E-state index contributed by atoms with van der Waals surface area (Å²) in [6, 6.07) is 0. The van der Waals surface area contributed by atoms with E-state index >= 15 is 0 Å². The Morgan fingerprint density at radius 1 is 1.50 bits per heavy atom. The molecular weight excluding hydrogens is 126 g/mol. The lowest BCUT2D eigenvalue weighted by molar-refractivity contribution is 0.0763. The van der Waals surface area contributed by atoms with Gasteiger partial charge in [-0.15, -0.1) is 0 Å². The average Bonchev–Trinajstić information content (AvgIpc) is 2.84. The van der Waals surface area contributed by atoms with Gasteiger partial charge in [0.15, 0.2) is 0 Å². The van der Waals surface area contributed by atoms with E-state index in [1.54, 1.807) is 0 Å². The minimum absolute atomic E-state index is 0.0718. The molecule has 2 saturated carbocycles. The van der Waals surface area contributed by atoms with Gasteiger partial charge in [-0.3, -0.25) is 0 Å². The number of aliphatic hydroxyl groups excluding tert-OH is 1. The Kier molecular flexibility index (Phi) is 1.29. The van der Waals surface area contributed by atoms with Crippen LogP contribution in [0.25, 0.3) is 0 Å². The first kappa shape index (κ1) is 6.62. The number of aliphatic hydroxyl groups is 1. The summed E-state index contributed by atoms with van der Waals surface area (Å²) < 4.78 is 0. The third-order valence-electron chi connectivity index (χ3n) is 2.99. The van der Waals surface area contributed by atoms with Gasteiger partial charge in [-0.2, -0.15) is 0 Å². The van der Waals surface area contributed by atoms with Crippen LogP contribution in [-0.4, -0.2) is 17.8 Å². The lowest BCUT2D eigenvalue weighted by atomic mass is 9.96. The zero-order valence-corrected chi connectivity index (χ0v) is 6.21. The predicted octanol–water partition coefficient (Wildman–Crippen LogP) is 0.496. The fraction of sp³-hybridized carbons (Fsp3) is 1.00. The summed E-state index contributed by atoms with van der Waals surface area (Å²) in [4.78, 5) is 0. The maximum atomic E-state index is 9.70. The van der Waals surface area contributed by atoms with Crippen molar-refractivity contribution in [2.75, 3.05) is 6.54 Å². The topological polar surface area (TPSA) is 46.2 Å². The molecule has 10 heavy (non-hydrogen) atoms. The monoisotopic (exact) mass is 141 g/mol. The summed E-state index contributed by atoms with van der Waals surface area (Å²) in [5, 5.41) is 9.70. The molecule has 3 N–H and O–H groups in total. The second-order valence-electron chi connectivity index (χ2n) is 3.85. The zero-order chi connectivity index (χ0) is 7.19. The molecule has 2 nitrogen and oxygen atoms in total. The van der Waals surface area contributed by atoms with Crippen molar-refractivity contribution in [3.05, 3.63) is 0 Å². The maximum Gasteiger partial charge on any atom is 0.0636 e. The fourth-order valence-electron chi connectivity index (χ4n) is 1.69. The normalized spacial score (nSPS) is 31.8. The molecule has 0 aromatic heterocycles. The van der Waals surface area contributed by atoms with E-state index in [1.165, 1.54) is 12.8 Å². The summed E-state index contributed by atoms with van der Waals surface area (Å²) in [7, 11) is 0. The molecule has 0 spiro atoms. The van der Waals surface area contributed by atoms with E-state index in [4.69, 9.17) is 5.73 Å². The van der Waals surface area contributed by atoms with Crippen molar-refractivity contribution in [3.8, 4) is 0 Å². The van der Waals surface area contributed by atoms with Gasteiger partial charge in [0.25, 0.3) is 0 Å². The molecule has 0 aromatic rings. The lowest BCUT2D eigenvalue weighted by Crippen LogP contribution is -2.31. The highest BCUT2D eigenvalue weighted by Crippen LogP contribution is 2.54. The molecule has 2 heteroatoms. The van der Waals surface area contributed by atoms with Crippen LogP contribution in [-0.2, 0) is 0 Å². The highest BCUT2D eigenvalue weighted by atomic mass is 16.3. The second kappa shape index (κ2) is 1.95. The molecule has 0 saturated heterocycles. The van der Waals surface area contributed by atoms with Crippen molar-refractivity contribution < 1.29 is 5.11 Å². The summed E-state index contributed by atoms with van der Waals surface area (Å²) >= 11 is 0. The molecule has 2 rings (SSSR count). The molecule has 0 heterocycles. The number of hydrogen-bond acceptors (Lipinski definition) is 2. The van der Waals surface area contributed by atoms with Crippen LogP contribution < -0.4 is 5.73 Å². The van der Waals surface area contributed by atoms with Crippen molar-refractivity contribution in [1.82, 2.24) is 0 Å². The van der Waals surface area contributed by atoms with Crippen molar-refractivity contribution in [3.63, 3.8) is 0 Å². The van der Waals surface area contributed by atoms with Gasteiger partial charge in [0.2, 0.25) is 0 Å². The van der Waals surface area contributed by atoms with Crippen molar-refractivity contribution in [2.45, 2.75) is 31.8 Å². The Bertz CT molecular complexity index is 138. The second-order valence-corrected chi connectivity index (χ2v) is 3.85. The molecule has 0 unspecified atom stereocenters. The van der Waals surface area contributed by atoms with E-state index in [0.29, 0.717) is 12.5 Å². The van der Waals surface area contributed by atoms with Gasteiger partial charge in [-0.25, -0.2) is 0 Å². The van der Waals surface area contributed by atoms with Gasteiger partial charge < -0.3 is 10.8 Å². The van der Waals surface area contributed by atoms with Crippen molar-refractivity contribution >= 4 is 0 Å². The zero-order valence-electron chi connectivity index (χ0n) is 6.21. The van der Waals surface area contributed by atoms with Crippen LogP contribution >= 0.6 is 0 Å². The van der Waals surface area contributed by atoms with Crippen LogP contribution in [0.5, 0.6) is 0 Å². The van der Waals surface area contributed by atoms with Gasteiger partial charge in [0.1, 0.15) is 0 Å². The fourth-order valence-corrected chi connectivity index (χ4v) is 1.69. The molecule has 0 aliphatic heterocycles. The van der Waals surface area contributed by atoms with Gasteiger partial charge in [-0.1, -0.05) is 0 Å². The Labute approximate surface area is 61.4 Å². The summed E-state index contributed by atoms with van der Waals surface area (Å²) in [5.41, 5.74) is 5.74. The summed E-state index contributed by atoms with van der Waals surface area (Å²) in [6.07, 6.45) is 4.69. The standard InChI is InChI=1S/C8H15NO/c9-5-8(3-4-8)7(10)6-1-2-6/h6-7,10H,1-5,9H2/t7-/m1/s1. The minimum Gasteiger partial charge on any atom is -0.392 e. The van der Waals surface area contributed by atoms with E-state index < -0.39 is 0 Å². The van der Waals surface area contributed by atoms with Crippen LogP contribution in [0, 0.1) is 11.3 Å². The summed E-state index contributed by atoms with van der Waals surface area (Å²) in [6.45, 7) is 0.685. The molecule has 2 aliphatic carbocycles. The molecule has 0 amide bonds. The Morgan fingerprint density at radius 2 is 2.10 bits per heavy atom. The van der Waals surface area contributed by atoms with Crippen LogP contribution in [0.15, 0.2) is 0 Å². The first-order valence-electron chi connectivity index (χ1n) is 4.17. The molecule has 1 atom stereocenters. The molecule has 2 aliphatic rings. The number of nitrogens with two attached hydrogens (primary N) is 1. The lowest BCUT2D eigenvalue weighted by Gasteiger charge is -2.19. The quantitative estimate of drug-likeness (QED) is 0.601. The smallest absolute Gasteiger partial charge is 0.0636 e. The Morgan fingerprint density at radius 3 is 2.40 bits per heavy atom. The first-order chi connectivity index (χ1) is 4.78. The van der Waals surface area contributed by atoms with E-state index in [9.17, 15) is 5.11 Å². The third-order valence-corrected chi connectivity index (χ3v) is 2.99. The van der Waals surface area contributed by atoms with Crippen LogP contribution in [0.3, 0.4) is 0 Å². The summed E-state index contributed by atoms with van der Waals surface area (Å²) in [5.74, 6) is 0.603. The maximum absolute atomic E-state index is 9.70. The largest absolute Gasteiger partial charge is 0.392 e. The highest BCUT2D eigenvalue weighted by Gasteiger charge is 2.52. The van der Waals surface area contributed by atoms with E-state index in [0.717, 1.165) is 12.8 Å². The van der Waals surface area contributed by atoms with Crippen LogP contribution in [0.4, 0.5) is 0 Å². The first-order valence-corrected chi connectivity index (χ1v) is 4.17. The van der Waals surface area contributed by atoms with Gasteiger partial charge in [-0.05, 0) is 31.6 Å². The molecule has 0 aromatic carbocycles. The van der Waals surface area contributed by atoms with Gasteiger partial charge in [0, 0.05) is 12.0 Å².